The highest BCUT2D eigenvalue weighted by Crippen LogP contribution is 2.49. The summed E-state index contributed by atoms with van der Waals surface area (Å²) in [5.74, 6) is 0.740. The first-order valence-corrected chi connectivity index (χ1v) is 11.9. The molecule has 0 bridgehead atoms. The maximum Gasteiger partial charge on any atom is 0.209 e. The lowest BCUT2D eigenvalue weighted by molar-refractivity contribution is -0.437. The lowest BCUT2D eigenvalue weighted by Gasteiger charge is -2.25. The van der Waals surface area contributed by atoms with Crippen LogP contribution in [0.1, 0.15) is 76.0 Å². The number of anilines is 1. The first-order chi connectivity index (χ1) is 14.6. The molecule has 164 valence electrons. The fraction of sp³-hybridized carbons (Fsp3) is 0.464. The van der Waals surface area contributed by atoms with Gasteiger partial charge in [-0.15, -0.1) is 0 Å². The van der Waals surface area contributed by atoms with Crippen LogP contribution in [-0.4, -0.2) is 29.4 Å². The van der Waals surface area contributed by atoms with Crippen LogP contribution in [0.3, 0.4) is 0 Å². The van der Waals surface area contributed by atoms with Gasteiger partial charge in [-0.05, 0) is 62.9 Å². The summed E-state index contributed by atoms with van der Waals surface area (Å²) in [4.78, 5) is 2.65. The van der Waals surface area contributed by atoms with Gasteiger partial charge in [0.15, 0.2) is 5.71 Å². The Labute approximate surface area is 205 Å². The largest absolute Gasteiger partial charge is 1.00 e. The topological polar surface area (TPSA) is 6.25 Å². The van der Waals surface area contributed by atoms with Crippen molar-refractivity contribution in [1.29, 1.82) is 0 Å². The van der Waals surface area contributed by atoms with E-state index >= 15 is 0 Å². The summed E-state index contributed by atoms with van der Waals surface area (Å²) in [6.07, 6.45) is 9.97. The Bertz CT molecular complexity index is 1030. The Morgan fingerprint density at radius 1 is 1.06 bits per heavy atom. The third-order valence-corrected chi connectivity index (χ3v) is 7.66. The Morgan fingerprint density at radius 2 is 1.87 bits per heavy atom. The number of rotatable bonds is 5. The molecule has 5 rings (SSSR count). The van der Waals surface area contributed by atoms with Crippen molar-refractivity contribution in [2.75, 3.05) is 18.0 Å². The molecule has 2 unspecified atom stereocenters. The molecular weight excluding hydrogens is 491 g/mol. The number of para-hydroxylation sites is 1. The summed E-state index contributed by atoms with van der Waals surface area (Å²) in [7, 11) is 0. The second-order valence-corrected chi connectivity index (χ2v) is 9.72. The van der Waals surface area contributed by atoms with Gasteiger partial charge in [0.25, 0.3) is 0 Å². The molecule has 3 heteroatoms. The van der Waals surface area contributed by atoms with Crippen LogP contribution >= 0.6 is 0 Å². The molecule has 0 N–H and O–H groups in total. The van der Waals surface area contributed by atoms with Crippen LogP contribution in [0.4, 0.5) is 11.4 Å². The second-order valence-electron chi connectivity index (χ2n) is 9.72. The molecule has 31 heavy (non-hydrogen) atoms. The fourth-order valence-electron chi connectivity index (χ4n) is 6.28. The average molecular weight is 527 g/mol. The second kappa shape index (κ2) is 8.73. The van der Waals surface area contributed by atoms with Crippen molar-refractivity contribution >= 4 is 23.2 Å². The lowest BCUT2D eigenvalue weighted by Crippen LogP contribution is -3.00. The minimum Gasteiger partial charge on any atom is -1.00 e. The van der Waals surface area contributed by atoms with Gasteiger partial charge in [-0.25, -0.2) is 0 Å². The quantitative estimate of drug-likeness (QED) is 0.426. The van der Waals surface area contributed by atoms with Gasteiger partial charge in [0.2, 0.25) is 5.69 Å². The molecule has 2 heterocycles. The summed E-state index contributed by atoms with van der Waals surface area (Å²) < 4.78 is 2.53. The third kappa shape index (κ3) is 3.57. The molecule has 3 aliphatic rings. The van der Waals surface area contributed by atoms with Crippen LogP contribution in [0, 0.1) is 0 Å². The summed E-state index contributed by atoms with van der Waals surface area (Å²) in [5.41, 5.74) is 8.69. The molecule has 0 amide bonds. The minimum absolute atomic E-state index is 0. The zero-order chi connectivity index (χ0) is 20.9. The maximum absolute atomic E-state index is 2.65. The fourth-order valence-corrected chi connectivity index (χ4v) is 6.28. The maximum atomic E-state index is 2.65. The van der Waals surface area contributed by atoms with Gasteiger partial charge in [0, 0.05) is 48.3 Å². The van der Waals surface area contributed by atoms with E-state index in [1.807, 2.05) is 0 Å². The molecule has 2 aliphatic heterocycles. The van der Waals surface area contributed by atoms with E-state index in [4.69, 9.17) is 0 Å². The van der Waals surface area contributed by atoms with E-state index in [1.54, 1.807) is 5.56 Å². The van der Waals surface area contributed by atoms with Crippen molar-refractivity contribution in [2.24, 2.45) is 0 Å². The van der Waals surface area contributed by atoms with Crippen LogP contribution in [0.5, 0.6) is 0 Å². The predicted octanol–water partition coefficient (Wildman–Crippen LogP) is 3.67. The van der Waals surface area contributed by atoms with Crippen molar-refractivity contribution in [3.05, 3.63) is 65.2 Å². The first kappa shape index (κ1) is 22.6. The van der Waals surface area contributed by atoms with Crippen molar-refractivity contribution < 1.29 is 28.6 Å². The van der Waals surface area contributed by atoms with E-state index in [0.717, 1.165) is 31.5 Å². The Hall–Kier alpha value is -1.62. The molecule has 0 saturated heterocycles. The summed E-state index contributed by atoms with van der Waals surface area (Å²) in [6, 6.07) is 16.8. The third-order valence-electron chi connectivity index (χ3n) is 7.66. The molecule has 0 aromatic heterocycles. The average Bonchev–Trinajstić information content (AvgIpc) is 3.38. The lowest BCUT2D eigenvalue weighted by atomic mass is 9.81. The van der Waals surface area contributed by atoms with Gasteiger partial charge in [-0.3, -0.25) is 0 Å². The van der Waals surface area contributed by atoms with E-state index in [1.165, 1.54) is 47.5 Å². The standard InChI is InChI=1S/C28H35N2.HI/c1-5-18-30-26-12-8-7-11-23(26)28(3,4)27(30)17-15-20-14-16-25-22(19-20)21-10-9-13-24(21)29(25)6-2;/h7-8,11-12,14-17,19,21,24H,5-6,9-10,13,18H2,1-4H3;1H/q+1;/p-1. The minimum atomic E-state index is 0. The van der Waals surface area contributed by atoms with E-state index < -0.39 is 0 Å². The van der Waals surface area contributed by atoms with Crippen molar-refractivity contribution in [2.45, 2.75) is 70.8 Å². The van der Waals surface area contributed by atoms with Gasteiger partial charge >= 0.3 is 0 Å². The monoisotopic (exact) mass is 526 g/mol. The van der Waals surface area contributed by atoms with Crippen molar-refractivity contribution in [3.8, 4) is 0 Å². The summed E-state index contributed by atoms with van der Waals surface area (Å²) >= 11 is 0. The molecule has 2 nitrogen and oxygen atoms in total. The molecule has 0 radical (unpaired) electrons. The predicted molar refractivity (Wildman–Crippen MR) is 128 cm³/mol. The molecule has 2 aromatic rings. The number of benzene rings is 2. The number of hydrogen-bond acceptors (Lipinski definition) is 1. The normalized spacial score (nSPS) is 23.2. The molecule has 1 fully saturated rings. The van der Waals surface area contributed by atoms with E-state index in [2.05, 4.69) is 91.8 Å². The first-order valence-electron chi connectivity index (χ1n) is 11.9. The molecule has 1 saturated carbocycles. The van der Waals surface area contributed by atoms with Gasteiger partial charge < -0.3 is 28.9 Å². The van der Waals surface area contributed by atoms with Crippen LogP contribution < -0.4 is 28.9 Å². The zero-order valence-corrected chi connectivity index (χ0v) is 21.5. The van der Waals surface area contributed by atoms with E-state index in [-0.39, 0.29) is 29.4 Å². The number of halogens is 1. The Balaban J connectivity index is 0.00000231. The molecule has 2 atom stereocenters. The highest BCUT2D eigenvalue weighted by atomic mass is 127. The molecular formula is C28H35IN2. The Kier molecular flexibility index (Phi) is 6.35. The molecule has 1 aliphatic carbocycles. The van der Waals surface area contributed by atoms with E-state index in [9.17, 15) is 0 Å². The van der Waals surface area contributed by atoms with Gasteiger partial charge in [-0.1, -0.05) is 37.6 Å². The number of hydrogen-bond donors (Lipinski definition) is 0. The molecule has 0 spiro atoms. The van der Waals surface area contributed by atoms with Crippen LogP contribution in [0.15, 0.2) is 48.5 Å². The molecule has 2 aromatic carbocycles. The van der Waals surface area contributed by atoms with Gasteiger partial charge in [-0.2, -0.15) is 4.58 Å². The van der Waals surface area contributed by atoms with Gasteiger partial charge in [0.1, 0.15) is 6.54 Å². The summed E-state index contributed by atoms with van der Waals surface area (Å²) in [6.45, 7) is 11.5. The number of fused-ring (bicyclic) bond motifs is 4. The number of nitrogens with zero attached hydrogens (tertiary/aromatic N) is 2. The van der Waals surface area contributed by atoms with Crippen LogP contribution in [0.2, 0.25) is 0 Å². The summed E-state index contributed by atoms with van der Waals surface area (Å²) in [5, 5.41) is 0. The van der Waals surface area contributed by atoms with Gasteiger partial charge in [0.05, 0.1) is 5.41 Å². The number of allylic oxidation sites excluding steroid dienone is 1. The zero-order valence-electron chi connectivity index (χ0n) is 19.4. The number of likely N-dealkylation sites (N-methyl/N-ethyl adjacent to an activating group) is 1. The highest BCUT2D eigenvalue weighted by molar-refractivity contribution is 6.05. The van der Waals surface area contributed by atoms with Crippen molar-refractivity contribution in [1.82, 2.24) is 0 Å². The van der Waals surface area contributed by atoms with Crippen LogP contribution in [-0.2, 0) is 5.41 Å². The Morgan fingerprint density at radius 3 is 2.65 bits per heavy atom. The SMILES string of the molecule is CCC[N+]1=C(/C=C/c2ccc3c(c2)C2CCCC2N3CC)C(C)(C)c2ccccc21.[I-]. The van der Waals surface area contributed by atoms with Crippen molar-refractivity contribution in [3.63, 3.8) is 0 Å². The smallest absolute Gasteiger partial charge is 0.209 e. The van der Waals surface area contributed by atoms with Crippen LogP contribution in [0.25, 0.3) is 6.08 Å². The van der Waals surface area contributed by atoms with E-state index in [0.29, 0.717) is 0 Å². The highest BCUT2D eigenvalue weighted by Gasteiger charge is 2.44.